The molecule has 5 rings (SSSR count). The van der Waals surface area contributed by atoms with Crippen molar-refractivity contribution in [2.24, 2.45) is 0 Å². The van der Waals surface area contributed by atoms with Gasteiger partial charge in [0.05, 0.1) is 5.69 Å². The standard InChI is InChI=1S/C32H40N8.HI.Na/c1-5-13-33-29(9-1)25-37-17-19-38(26-30-10-2-6-14-34-30)21-23-40(28-32-12-4-8-16-36-32)24-22-39(20-18-37)27-31-11-3-7-15-35-31;;/h1-16H,17-28H2;1H;/q;;+1/p+6. The monoisotopic (exact) mass is 693 g/mol. The molecular formula is C32H47IN8Na+7. The van der Waals surface area contributed by atoms with Crippen molar-refractivity contribution in [1.82, 2.24) is 4.98 Å². The van der Waals surface area contributed by atoms with Gasteiger partial charge in [-0.15, -0.1) is 0 Å². The Morgan fingerprint density at radius 2 is 0.833 bits per heavy atom. The van der Waals surface area contributed by atoms with Crippen molar-refractivity contribution in [3.8, 4) is 0 Å². The second kappa shape index (κ2) is 19.4. The summed E-state index contributed by atoms with van der Waals surface area (Å²) in [4.78, 5) is 21.7. The molecule has 1 aliphatic rings. The Balaban J connectivity index is 0.00000242. The van der Waals surface area contributed by atoms with Crippen molar-refractivity contribution in [2.45, 2.75) is 26.2 Å². The van der Waals surface area contributed by atoms with E-state index in [9.17, 15) is 0 Å². The van der Waals surface area contributed by atoms with Crippen molar-refractivity contribution in [1.29, 1.82) is 0 Å². The summed E-state index contributed by atoms with van der Waals surface area (Å²) >= 11 is 0. The molecule has 4 aromatic heterocycles. The minimum atomic E-state index is 0. The van der Waals surface area contributed by atoms with E-state index >= 15 is 0 Å². The van der Waals surface area contributed by atoms with E-state index in [4.69, 9.17) is 0 Å². The fourth-order valence-electron chi connectivity index (χ4n) is 5.81. The van der Waals surface area contributed by atoms with Crippen molar-refractivity contribution < 1.29 is 88.1 Å². The number of aromatic amines is 3. The Hall–Kier alpha value is -1.83. The van der Waals surface area contributed by atoms with Crippen LogP contribution in [0.5, 0.6) is 0 Å². The van der Waals surface area contributed by atoms with Gasteiger partial charge in [0.1, 0.15) is 58.9 Å². The van der Waals surface area contributed by atoms with Crippen LogP contribution in [-0.4, -0.2) is 57.3 Å². The van der Waals surface area contributed by atoms with Crippen molar-refractivity contribution in [2.75, 3.05) is 52.4 Å². The molecule has 1 saturated heterocycles. The molecule has 0 aliphatic carbocycles. The number of rotatable bonds is 8. The Kier molecular flexibility index (Phi) is 16.0. The molecule has 10 heteroatoms. The van der Waals surface area contributed by atoms with Crippen LogP contribution in [0.25, 0.3) is 0 Å². The zero-order valence-electron chi connectivity index (χ0n) is 25.0. The second-order valence-electron chi connectivity index (χ2n) is 11.2. The molecule has 7 N–H and O–H groups in total. The van der Waals surface area contributed by atoms with E-state index in [1.165, 1.54) is 22.8 Å². The smallest absolute Gasteiger partial charge is 1.00 e. The van der Waals surface area contributed by atoms with Gasteiger partial charge in [0.15, 0.2) is 38.2 Å². The van der Waals surface area contributed by atoms with Gasteiger partial charge in [0.25, 0.3) is 0 Å². The van der Waals surface area contributed by atoms with E-state index in [0.29, 0.717) is 0 Å². The summed E-state index contributed by atoms with van der Waals surface area (Å²) in [6.07, 6.45) is 8.08. The average Bonchev–Trinajstić information content (AvgIpc) is 3.00. The van der Waals surface area contributed by atoms with Gasteiger partial charge in [-0.05, 0) is 30.3 Å². The number of quaternary nitrogens is 4. The zero-order chi connectivity index (χ0) is 27.2. The summed E-state index contributed by atoms with van der Waals surface area (Å²) < 4.78 is 0. The summed E-state index contributed by atoms with van der Waals surface area (Å²) in [6, 6.07) is 25.6. The SMILES string of the molecule is [I-].[Na+].c1ccc(C[NH+]2CC[NH+](Cc3cccc[nH+]3)CC[NH+](Cc3cccc[nH+]3)CC[NH+](Cc3cccc[nH+]3)CC2)nc1. The summed E-state index contributed by atoms with van der Waals surface area (Å²) in [5, 5.41) is 0. The molecule has 0 radical (unpaired) electrons. The van der Waals surface area contributed by atoms with Gasteiger partial charge in [-0.1, -0.05) is 6.07 Å². The molecule has 0 amide bonds. The number of nitrogens with one attached hydrogen (secondary N) is 7. The third-order valence-electron chi connectivity index (χ3n) is 8.13. The minimum absolute atomic E-state index is 0. The van der Waals surface area contributed by atoms with Gasteiger partial charge in [0.2, 0.25) is 17.1 Å². The number of nitrogens with zero attached hydrogens (tertiary/aromatic N) is 1. The third kappa shape index (κ3) is 12.0. The molecule has 0 aromatic carbocycles. The number of aromatic nitrogens is 4. The number of H-pyrrole nitrogens is 3. The maximum Gasteiger partial charge on any atom is 1.00 e. The van der Waals surface area contributed by atoms with E-state index in [0.717, 1.165) is 78.5 Å². The van der Waals surface area contributed by atoms with Gasteiger partial charge < -0.3 is 43.6 Å². The second-order valence-corrected chi connectivity index (χ2v) is 11.2. The van der Waals surface area contributed by atoms with Gasteiger partial charge in [-0.3, -0.25) is 4.98 Å². The van der Waals surface area contributed by atoms with Crippen LogP contribution in [0.2, 0.25) is 0 Å². The number of hydrogen-bond donors (Lipinski definition) is 4. The quantitative estimate of drug-likeness (QED) is 0.108. The predicted molar refractivity (Wildman–Crippen MR) is 151 cm³/mol. The van der Waals surface area contributed by atoms with E-state index in [1.807, 2.05) is 24.7 Å². The van der Waals surface area contributed by atoms with Gasteiger partial charge in [-0.25, -0.2) is 15.0 Å². The molecule has 4 aromatic rings. The first kappa shape index (κ1) is 34.7. The fraction of sp³-hybridized carbons (Fsp3) is 0.375. The van der Waals surface area contributed by atoms with E-state index in [-0.39, 0.29) is 53.5 Å². The van der Waals surface area contributed by atoms with Crippen LogP contribution < -0.4 is 88.1 Å². The summed E-state index contributed by atoms with van der Waals surface area (Å²) in [7, 11) is 0. The average molecular weight is 694 g/mol. The van der Waals surface area contributed by atoms with Crippen molar-refractivity contribution in [3.05, 3.63) is 120 Å². The molecule has 0 saturated carbocycles. The van der Waals surface area contributed by atoms with Gasteiger partial charge >= 0.3 is 29.6 Å². The Morgan fingerprint density at radius 1 is 0.476 bits per heavy atom. The fourth-order valence-corrected chi connectivity index (χ4v) is 5.81. The molecular weight excluding hydrogens is 646 g/mol. The van der Waals surface area contributed by atoms with E-state index in [1.54, 1.807) is 19.6 Å². The van der Waals surface area contributed by atoms with E-state index < -0.39 is 0 Å². The van der Waals surface area contributed by atoms with Crippen LogP contribution in [0, 0.1) is 0 Å². The van der Waals surface area contributed by atoms with Crippen LogP contribution in [-0.2, 0) is 26.2 Å². The Labute approximate surface area is 289 Å². The molecule has 1 aliphatic heterocycles. The maximum atomic E-state index is 4.67. The van der Waals surface area contributed by atoms with Crippen LogP contribution in [0.4, 0.5) is 0 Å². The van der Waals surface area contributed by atoms with Crippen molar-refractivity contribution >= 4 is 0 Å². The topological polar surface area (TPSA) is 73.1 Å². The molecule has 2 unspecified atom stereocenters. The van der Waals surface area contributed by atoms with Crippen LogP contribution in [0.1, 0.15) is 22.8 Å². The predicted octanol–water partition coefficient (Wildman–Crippen LogP) is -9.81. The van der Waals surface area contributed by atoms with Crippen LogP contribution in [0.15, 0.2) is 97.6 Å². The molecule has 5 heterocycles. The maximum absolute atomic E-state index is 4.67. The first-order valence-corrected chi connectivity index (χ1v) is 14.9. The zero-order valence-corrected chi connectivity index (χ0v) is 29.2. The normalized spacial score (nSPS) is 21.5. The number of hydrogen-bond acceptors (Lipinski definition) is 1. The molecule has 216 valence electrons. The summed E-state index contributed by atoms with van der Waals surface area (Å²) in [6.45, 7) is 13.3. The number of pyridine rings is 4. The van der Waals surface area contributed by atoms with E-state index in [2.05, 4.69) is 92.9 Å². The van der Waals surface area contributed by atoms with Gasteiger partial charge in [-0.2, -0.15) is 0 Å². The van der Waals surface area contributed by atoms with Crippen molar-refractivity contribution in [3.63, 3.8) is 0 Å². The molecule has 1 fully saturated rings. The van der Waals surface area contributed by atoms with Gasteiger partial charge in [0, 0.05) is 42.6 Å². The molecule has 2 atom stereocenters. The first-order chi connectivity index (χ1) is 19.8. The summed E-state index contributed by atoms with van der Waals surface area (Å²) in [5.41, 5.74) is 5.12. The minimum Gasteiger partial charge on any atom is -1.00 e. The van der Waals surface area contributed by atoms with Crippen LogP contribution in [0.3, 0.4) is 0 Å². The largest absolute Gasteiger partial charge is 1.00 e. The Bertz CT molecular complexity index is 1030. The molecule has 0 bridgehead atoms. The Morgan fingerprint density at radius 3 is 1.14 bits per heavy atom. The molecule has 0 spiro atoms. The first-order valence-electron chi connectivity index (χ1n) is 14.9. The summed E-state index contributed by atoms with van der Waals surface area (Å²) in [5.74, 6) is 0. The third-order valence-corrected chi connectivity index (χ3v) is 8.13. The van der Waals surface area contributed by atoms with Crippen LogP contribution >= 0.6 is 0 Å². The number of halogens is 1. The molecule has 8 nitrogen and oxygen atoms in total. The molecule has 42 heavy (non-hydrogen) atoms.